The van der Waals surface area contributed by atoms with Crippen LogP contribution in [0.4, 0.5) is 0 Å². The molecule has 0 saturated carbocycles. The SMILES string of the molecule is Oc1cc2oc(-c3ccccc3)cc(=NCCOCCOCCNC[C@@H](O)COc3ccc(OCCc4ccccc4)c(OCCc4ccccc4)c3)c2c(O)c1O. The molecule has 0 fully saturated rings. The van der Waals surface area contributed by atoms with E-state index in [0.29, 0.717) is 74.5 Å². The van der Waals surface area contributed by atoms with E-state index < -0.39 is 23.4 Å². The van der Waals surface area contributed by atoms with Crippen LogP contribution in [0.3, 0.4) is 0 Å². The zero-order valence-corrected chi connectivity index (χ0v) is 32.3. The summed E-state index contributed by atoms with van der Waals surface area (Å²) in [5.41, 5.74) is 3.34. The molecule has 0 aliphatic rings. The van der Waals surface area contributed by atoms with Gasteiger partial charge in [0.25, 0.3) is 0 Å². The van der Waals surface area contributed by atoms with Gasteiger partial charge in [-0.2, -0.15) is 0 Å². The highest BCUT2D eigenvalue weighted by molar-refractivity contribution is 5.89. The number of hydrogen-bond donors (Lipinski definition) is 5. The molecule has 1 heterocycles. The molecule has 5 N–H and O–H groups in total. The van der Waals surface area contributed by atoms with Crippen molar-refractivity contribution in [2.45, 2.75) is 18.9 Å². The first-order chi connectivity index (χ1) is 28.4. The Morgan fingerprint density at radius 1 is 0.621 bits per heavy atom. The van der Waals surface area contributed by atoms with Gasteiger partial charge >= 0.3 is 0 Å². The molecule has 6 aromatic rings. The third-order valence-electron chi connectivity index (χ3n) is 9.05. The quantitative estimate of drug-likeness (QED) is 0.0359. The number of phenols is 3. The monoisotopic (exact) mass is 790 g/mol. The fourth-order valence-electron chi connectivity index (χ4n) is 6.04. The number of nitrogens with zero attached hydrogens (tertiary/aromatic N) is 1. The second-order valence-corrected chi connectivity index (χ2v) is 13.4. The minimum absolute atomic E-state index is 0.0920. The second kappa shape index (κ2) is 22.0. The number of benzene rings is 5. The van der Waals surface area contributed by atoms with Crippen molar-refractivity contribution < 1.29 is 48.5 Å². The van der Waals surface area contributed by atoms with E-state index in [0.717, 1.165) is 18.4 Å². The minimum Gasteiger partial charge on any atom is -0.504 e. The van der Waals surface area contributed by atoms with Gasteiger partial charge in [-0.25, -0.2) is 0 Å². The van der Waals surface area contributed by atoms with Crippen molar-refractivity contribution in [2.24, 2.45) is 4.99 Å². The zero-order valence-electron chi connectivity index (χ0n) is 32.3. The topological polar surface area (TPSA) is 165 Å². The molecule has 304 valence electrons. The summed E-state index contributed by atoms with van der Waals surface area (Å²) in [6.07, 6.45) is 0.780. The first kappa shape index (κ1) is 41.6. The van der Waals surface area contributed by atoms with E-state index in [9.17, 15) is 20.4 Å². The summed E-state index contributed by atoms with van der Waals surface area (Å²) in [7, 11) is 0. The van der Waals surface area contributed by atoms with Crippen molar-refractivity contribution in [1.29, 1.82) is 0 Å². The van der Waals surface area contributed by atoms with Gasteiger partial charge in [0.2, 0.25) is 5.75 Å². The number of fused-ring (bicyclic) bond motifs is 1. The highest BCUT2D eigenvalue weighted by Crippen LogP contribution is 2.40. The Balaban J connectivity index is 0.885. The van der Waals surface area contributed by atoms with Crippen molar-refractivity contribution in [1.82, 2.24) is 5.32 Å². The molecule has 5 aromatic carbocycles. The molecule has 0 amide bonds. The van der Waals surface area contributed by atoms with Crippen LogP contribution in [0.2, 0.25) is 0 Å². The average Bonchev–Trinajstić information content (AvgIpc) is 3.25. The Bertz CT molecular complexity index is 2220. The molecule has 1 atom stereocenters. The van der Waals surface area contributed by atoms with Gasteiger partial charge in [0.05, 0.1) is 56.9 Å². The molecule has 12 nitrogen and oxygen atoms in total. The molecule has 0 saturated heterocycles. The molecule has 0 unspecified atom stereocenters. The summed E-state index contributed by atoms with van der Waals surface area (Å²) >= 11 is 0. The molecule has 12 heteroatoms. The Kier molecular flexibility index (Phi) is 15.8. The van der Waals surface area contributed by atoms with Gasteiger partial charge < -0.3 is 53.8 Å². The summed E-state index contributed by atoms with van der Waals surface area (Å²) < 4.78 is 35.4. The van der Waals surface area contributed by atoms with Crippen LogP contribution in [-0.4, -0.2) is 92.4 Å². The van der Waals surface area contributed by atoms with Crippen molar-refractivity contribution in [2.75, 3.05) is 65.9 Å². The lowest BCUT2D eigenvalue weighted by molar-refractivity contribution is 0.0498. The molecule has 58 heavy (non-hydrogen) atoms. The minimum atomic E-state index is -0.743. The number of phenolic OH excluding ortho intramolecular Hbond substituents is 3. The largest absolute Gasteiger partial charge is 0.504 e. The highest BCUT2D eigenvalue weighted by Gasteiger charge is 2.17. The maximum absolute atomic E-state index is 10.6. The fraction of sp³-hybridized carbons (Fsp3) is 0.283. The summed E-state index contributed by atoms with van der Waals surface area (Å²) in [6, 6.07) is 38.1. The predicted molar refractivity (Wildman–Crippen MR) is 221 cm³/mol. The molecule has 0 bridgehead atoms. The van der Waals surface area contributed by atoms with E-state index in [1.807, 2.05) is 78.9 Å². The number of aromatic hydroxyl groups is 3. The van der Waals surface area contributed by atoms with Crippen LogP contribution in [0.5, 0.6) is 34.5 Å². The fourth-order valence-corrected chi connectivity index (χ4v) is 6.04. The van der Waals surface area contributed by atoms with Crippen molar-refractivity contribution in [3.05, 3.63) is 138 Å². The summed E-state index contributed by atoms with van der Waals surface area (Å²) in [6.45, 7) is 3.63. The Hall–Kier alpha value is -6.05. The lowest BCUT2D eigenvalue weighted by Gasteiger charge is -2.17. The van der Waals surface area contributed by atoms with Crippen LogP contribution in [-0.2, 0) is 22.3 Å². The van der Waals surface area contributed by atoms with E-state index >= 15 is 0 Å². The zero-order chi connectivity index (χ0) is 40.4. The van der Waals surface area contributed by atoms with Gasteiger partial charge in [-0.05, 0) is 23.3 Å². The van der Waals surface area contributed by atoms with E-state index in [2.05, 4.69) is 34.6 Å². The lowest BCUT2D eigenvalue weighted by atomic mass is 10.1. The van der Waals surface area contributed by atoms with Gasteiger partial charge in [0.1, 0.15) is 29.8 Å². The average molecular weight is 791 g/mol. The number of aliphatic hydroxyl groups excluding tert-OH is 1. The summed E-state index contributed by atoms with van der Waals surface area (Å²) in [5.74, 6) is 0.631. The molecule has 6 rings (SSSR count). The summed E-state index contributed by atoms with van der Waals surface area (Å²) in [5, 5.41) is 45.0. The predicted octanol–water partition coefficient (Wildman–Crippen LogP) is 6.42. The summed E-state index contributed by atoms with van der Waals surface area (Å²) in [4.78, 5) is 4.58. The Labute approximate surface area is 337 Å². The van der Waals surface area contributed by atoms with Crippen LogP contribution in [0.25, 0.3) is 22.3 Å². The molecule has 0 aliphatic carbocycles. The van der Waals surface area contributed by atoms with Gasteiger partial charge in [0.15, 0.2) is 23.0 Å². The standard InChI is InChI=1S/C46H50N2O10/c49-36(32-57-37-16-17-40(55-22-18-33-10-4-1-5-11-33)42(28-37)56-23-19-34-12-6-2-7-13-34)31-47-20-24-53-26-27-54-25-21-48-38-29-41(35-14-8-3-9-15-35)58-43-30-39(50)45(51)46(52)44(38)43/h1-17,28-30,36,47,49-52H,18-27,31-32H2/t36-/m1/s1. The molecule has 0 radical (unpaired) electrons. The third kappa shape index (κ3) is 12.5. The van der Waals surface area contributed by atoms with E-state index in [-0.39, 0.29) is 30.7 Å². The van der Waals surface area contributed by atoms with Gasteiger partial charge in [0, 0.05) is 49.7 Å². The van der Waals surface area contributed by atoms with E-state index in [1.54, 1.807) is 12.1 Å². The van der Waals surface area contributed by atoms with Crippen molar-refractivity contribution >= 4 is 11.0 Å². The van der Waals surface area contributed by atoms with E-state index in [4.69, 9.17) is 28.1 Å². The van der Waals surface area contributed by atoms with Gasteiger partial charge in [-0.1, -0.05) is 91.0 Å². The molecular formula is C46H50N2O10. The molecule has 0 spiro atoms. The first-order valence-electron chi connectivity index (χ1n) is 19.4. The van der Waals surface area contributed by atoms with Gasteiger partial charge in [-0.15, -0.1) is 0 Å². The number of nitrogens with one attached hydrogen (secondary N) is 1. The first-order valence-corrected chi connectivity index (χ1v) is 19.4. The highest BCUT2D eigenvalue weighted by atomic mass is 16.5. The Morgan fingerprint density at radius 3 is 1.95 bits per heavy atom. The maximum Gasteiger partial charge on any atom is 0.201 e. The maximum atomic E-state index is 10.6. The van der Waals surface area contributed by atoms with Crippen LogP contribution in [0, 0.1) is 0 Å². The van der Waals surface area contributed by atoms with Gasteiger partial charge in [-0.3, -0.25) is 4.99 Å². The van der Waals surface area contributed by atoms with E-state index in [1.165, 1.54) is 17.2 Å². The number of hydrogen-bond acceptors (Lipinski definition) is 12. The molecular weight excluding hydrogens is 741 g/mol. The normalized spacial score (nSPS) is 12.1. The van der Waals surface area contributed by atoms with Crippen molar-refractivity contribution in [3.63, 3.8) is 0 Å². The smallest absolute Gasteiger partial charge is 0.201 e. The van der Waals surface area contributed by atoms with Crippen LogP contribution < -0.4 is 24.9 Å². The molecule has 1 aromatic heterocycles. The van der Waals surface area contributed by atoms with Crippen LogP contribution in [0.1, 0.15) is 11.1 Å². The Morgan fingerprint density at radius 2 is 1.26 bits per heavy atom. The second-order valence-electron chi connectivity index (χ2n) is 13.4. The number of ether oxygens (including phenoxy) is 5. The van der Waals surface area contributed by atoms with Crippen molar-refractivity contribution in [3.8, 4) is 45.8 Å². The van der Waals surface area contributed by atoms with Crippen LogP contribution >= 0.6 is 0 Å². The third-order valence-corrected chi connectivity index (χ3v) is 9.05. The number of rotatable bonds is 23. The van der Waals surface area contributed by atoms with Crippen LogP contribution in [0.15, 0.2) is 131 Å². The lowest BCUT2D eigenvalue weighted by Crippen LogP contribution is -2.33. The number of aliphatic hydroxyl groups is 1. The molecule has 0 aliphatic heterocycles.